The maximum atomic E-state index is 10.2. The Morgan fingerprint density at radius 1 is 1.47 bits per heavy atom. The van der Waals surface area contributed by atoms with Gasteiger partial charge in [-0.1, -0.05) is 23.7 Å². The molecule has 0 spiro atoms. The van der Waals surface area contributed by atoms with Crippen molar-refractivity contribution in [1.29, 1.82) is 0 Å². The lowest BCUT2D eigenvalue weighted by molar-refractivity contribution is 0.279. The third kappa shape index (κ3) is 4.27. The van der Waals surface area contributed by atoms with Crippen molar-refractivity contribution in [3.05, 3.63) is 34.9 Å². The summed E-state index contributed by atoms with van der Waals surface area (Å²) in [6.45, 7) is 0.368. The van der Waals surface area contributed by atoms with Crippen LogP contribution in [0, 0.1) is 0 Å². The highest BCUT2D eigenvalue weighted by atomic mass is 35.5. The fraction of sp³-hybridized carbons (Fsp3) is 0.333. The Hall–Kier alpha value is -0.460. The van der Waals surface area contributed by atoms with E-state index in [2.05, 4.69) is 4.18 Å². The molecule has 0 radical (unpaired) electrons. The van der Waals surface area contributed by atoms with Gasteiger partial charge in [-0.3, -0.25) is 0 Å². The van der Waals surface area contributed by atoms with Crippen molar-refractivity contribution in [3.63, 3.8) is 0 Å². The van der Waals surface area contributed by atoms with Gasteiger partial charge in [-0.2, -0.15) is 0 Å². The topological polar surface area (TPSA) is 75.4 Å². The standard InChI is InChI=1S/C9H12ClNO3S/c10-9-3-1-7(2-4-9)8(5-11)6-14-15(12)13/h1-4,8H,5-6,11H2,(H,12,13)/p-1/t8-/m1/s1. The van der Waals surface area contributed by atoms with Crippen molar-refractivity contribution in [2.24, 2.45) is 5.73 Å². The molecule has 0 saturated heterocycles. The molecule has 0 bridgehead atoms. The van der Waals surface area contributed by atoms with Crippen LogP contribution in [0.3, 0.4) is 0 Å². The summed E-state index contributed by atoms with van der Waals surface area (Å²) in [7, 11) is 0. The molecule has 0 fully saturated rings. The molecular formula is C9H11ClNO3S-. The molecule has 1 aromatic carbocycles. The number of halogens is 1. The average Bonchev–Trinajstić information content (AvgIpc) is 2.21. The van der Waals surface area contributed by atoms with Gasteiger partial charge < -0.3 is 14.5 Å². The number of rotatable bonds is 5. The highest BCUT2D eigenvalue weighted by molar-refractivity contribution is 7.74. The van der Waals surface area contributed by atoms with Crippen LogP contribution < -0.4 is 5.73 Å². The Balaban J connectivity index is 2.65. The molecule has 0 aliphatic rings. The molecule has 1 rings (SSSR count). The van der Waals surface area contributed by atoms with Crippen molar-refractivity contribution >= 4 is 23.0 Å². The Kier molecular flexibility index (Phi) is 5.21. The van der Waals surface area contributed by atoms with E-state index in [1.54, 1.807) is 24.3 Å². The van der Waals surface area contributed by atoms with Gasteiger partial charge in [0.05, 0.1) is 18.0 Å². The second-order valence-electron chi connectivity index (χ2n) is 2.97. The number of benzene rings is 1. The smallest absolute Gasteiger partial charge is 0.0842 e. The van der Waals surface area contributed by atoms with Gasteiger partial charge in [0.15, 0.2) is 0 Å². The van der Waals surface area contributed by atoms with Gasteiger partial charge in [-0.05, 0) is 17.7 Å². The van der Waals surface area contributed by atoms with Crippen LogP contribution in [-0.2, 0) is 15.5 Å². The van der Waals surface area contributed by atoms with Gasteiger partial charge in [-0.25, -0.2) is 4.21 Å². The van der Waals surface area contributed by atoms with Crippen LogP contribution in [-0.4, -0.2) is 21.9 Å². The summed E-state index contributed by atoms with van der Waals surface area (Å²) in [4.78, 5) is 0. The first kappa shape index (κ1) is 12.6. The van der Waals surface area contributed by atoms with Crippen molar-refractivity contribution in [3.8, 4) is 0 Å². The fourth-order valence-corrected chi connectivity index (χ4v) is 1.57. The zero-order valence-electron chi connectivity index (χ0n) is 7.89. The second kappa shape index (κ2) is 6.19. The van der Waals surface area contributed by atoms with Crippen LogP contribution in [0.25, 0.3) is 0 Å². The molecule has 0 aliphatic heterocycles. The van der Waals surface area contributed by atoms with E-state index in [4.69, 9.17) is 17.3 Å². The summed E-state index contributed by atoms with van der Waals surface area (Å²) in [5.74, 6) is -0.139. The van der Waals surface area contributed by atoms with Gasteiger partial charge in [0.2, 0.25) is 0 Å². The molecule has 0 amide bonds. The number of hydrogen-bond acceptors (Lipinski definition) is 4. The lowest BCUT2D eigenvalue weighted by Gasteiger charge is -2.15. The molecule has 0 aromatic heterocycles. The molecule has 84 valence electrons. The zero-order valence-corrected chi connectivity index (χ0v) is 9.46. The first-order valence-electron chi connectivity index (χ1n) is 4.31. The maximum Gasteiger partial charge on any atom is 0.0842 e. The largest absolute Gasteiger partial charge is 0.750 e. The Labute approximate surface area is 95.9 Å². The summed E-state index contributed by atoms with van der Waals surface area (Å²) < 4.78 is 24.9. The van der Waals surface area contributed by atoms with E-state index < -0.39 is 11.4 Å². The Morgan fingerprint density at radius 3 is 2.53 bits per heavy atom. The van der Waals surface area contributed by atoms with Gasteiger partial charge in [0.25, 0.3) is 0 Å². The second-order valence-corrected chi connectivity index (χ2v) is 4.05. The monoisotopic (exact) mass is 248 g/mol. The van der Waals surface area contributed by atoms with Crippen molar-refractivity contribution < 1.29 is 12.9 Å². The van der Waals surface area contributed by atoms with Crippen LogP contribution >= 0.6 is 11.6 Å². The minimum absolute atomic E-state index is 0.0498. The van der Waals surface area contributed by atoms with Gasteiger partial charge in [-0.15, -0.1) is 0 Å². The molecule has 1 unspecified atom stereocenters. The van der Waals surface area contributed by atoms with E-state index in [9.17, 15) is 8.76 Å². The minimum Gasteiger partial charge on any atom is -0.750 e. The molecule has 0 heterocycles. The Bertz CT molecular complexity index is 331. The van der Waals surface area contributed by atoms with Gasteiger partial charge in [0, 0.05) is 17.5 Å². The molecule has 0 saturated carbocycles. The lowest BCUT2D eigenvalue weighted by Crippen LogP contribution is -2.18. The summed E-state index contributed by atoms with van der Waals surface area (Å²) in [5.41, 5.74) is 6.42. The molecule has 2 N–H and O–H groups in total. The molecule has 6 heteroatoms. The van der Waals surface area contributed by atoms with E-state index in [1.807, 2.05) is 0 Å². The quantitative estimate of drug-likeness (QED) is 0.795. The van der Waals surface area contributed by atoms with Crippen LogP contribution in [0.1, 0.15) is 11.5 Å². The normalized spacial score (nSPS) is 14.9. The van der Waals surface area contributed by atoms with Crippen molar-refractivity contribution in [1.82, 2.24) is 0 Å². The minimum atomic E-state index is -2.50. The Morgan fingerprint density at radius 2 is 2.07 bits per heavy atom. The zero-order chi connectivity index (χ0) is 11.3. The van der Waals surface area contributed by atoms with Crippen LogP contribution in [0.4, 0.5) is 0 Å². The highest BCUT2D eigenvalue weighted by Crippen LogP contribution is 2.18. The third-order valence-corrected chi connectivity index (χ3v) is 2.57. The maximum absolute atomic E-state index is 10.2. The van der Waals surface area contributed by atoms with E-state index in [0.717, 1.165) is 5.56 Å². The predicted molar refractivity (Wildman–Crippen MR) is 58.1 cm³/mol. The van der Waals surface area contributed by atoms with Crippen LogP contribution in [0.5, 0.6) is 0 Å². The van der Waals surface area contributed by atoms with Crippen molar-refractivity contribution in [2.45, 2.75) is 5.92 Å². The van der Waals surface area contributed by atoms with E-state index in [-0.39, 0.29) is 12.5 Å². The van der Waals surface area contributed by atoms with E-state index >= 15 is 0 Å². The molecule has 4 nitrogen and oxygen atoms in total. The average molecular weight is 249 g/mol. The van der Waals surface area contributed by atoms with Crippen molar-refractivity contribution in [2.75, 3.05) is 13.2 Å². The summed E-state index contributed by atoms with van der Waals surface area (Å²) >= 11 is 3.23. The predicted octanol–water partition coefficient (Wildman–Crippen LogP) is 1.19. The lowest BCUT2D eigenvalue weighted by atomic mass is 10.0. The van der Waals surface area contributed by atoms with E-state index in [1.165, 1.54) is 0 Å². The van der Waals surface area contributed by atoms with E-state index in [0.29, 0.717) is 11.6 Å². The summed E-state index contributed by atoms with van der Waals surface area (Å²) in [6.07, 6.45) is 0. The fourth-order valence-electron chi connectivity index (χ4n) is 1.17. The summed E-state index contributed by atoms with van der Waals surface area (Å²) in [6, 6.07) is 7.06. The third-order valence-electron chi connectivity index (χ3n) is 1.99. The number of hydrogen-bond donors (Lipinski definition) is 1. The summed E-state index contributed by atoms with van der Waals surface area (Å²) in [5, 5.41) is 0.628. The highest BCUT2D eigenvalue weighted by Gasteiger charge is 2.09. The van der Waals surface area contributed by atoms with Gasteiger partial charge >= 0.3 is 0 Å². The molecule has 0 aliphatic carbocycles. The van der Waals surface area contributed by atoms with Crippen LogP contribution in [0.15, 0.2) is 24.3 Å². The molecule has 15 heavy (non-hydrogen) atoms. The number of nitrogens with two attached hydrogens (primary N) is 1. The molecule has 1 aromatic rings. The molecule has 2 atom stereocenters. The van der Waals surface area contributed by atoms with Crippen LogP contribution in [0.2, 0.25) is 5.02 Å². The first-order chi connectivity index (χ1) is 7.13. The first-order valence-corrected chi connectivity index (χ1v) is 5.69. The molecular weight excluding hydrogens is 238 g/mol. The SMILES string of the molecule is NC[C@H](COS(=O)[O-])c1ccc(Cl)cc1. The van der Waals surface area contributed by atoms with Gasteiger partial charge in [0.1, 0.15) is 0 Å².